The van der Waals surface area contributed by atoms with Gasteiger partial charge in [-0.15, -0.1) is 0 Å². The molecular weight excluding hydrogens is 226 g/mol. The molecule has 2 N–H and O–H groups in total. The Morgan fingerprint density at radius 2 is 1.81 bits per heavy atom. The Balaban J connectivity index is 3.14. The molecular formula is C11H17NO3S. The van der Waals surface area contributed by atoms with Crippen molar-refractivity contribution >= 4 is 15.7 Å². The van der Waals surface area contributed by atoms with Crippen LogP contribution in [0.5, 0.6) is 5.75 Å². The molecule has 5 heteroatoms. The number of sulfonamides is 1. The maximum absolute atomic E-state index is 11.7. The lowest BCUT2D eigenvalue weighted by Crippen LogP contribution is -2.22. The second kappa shape index (κ2) is 4.33. The molecule has 0 aromatic heterocycles. The van der Waals surface area contributed by atoms with Gasteiger partial charge in [-0.1, -0.05) is 6.07 Å². The van der Waals surface area contributed by atoms with Crippen LogP contribution in [0.1, 0.15) is 25.0 Å². The lowest BCUT2D eigenvalue weighted by Gasteiger charge is -2.14. The second-order valence-electron chi connectivity index (χ2n) is 4.10. The summed E-state index contributed by atoms with van der Waals surface area (Å²) in [5.41, 5.74) is 1.70. The first-order valence-electron chi connectivity index (χ1n) is 5.06. The van der Waals surface area contributed by atoms with E-state index in [0.717, 1.165) is 5.56 Å². The first kappa shape index (κ1) is 12.8. The quantitative estimate of drug-likeness (QED) is 0.855. The molecule has 16 heavy (non-hydrogen) atoms. The molecule has 4 nitrogen and oxygen atoms in total. The minimum atomic E-state index is -3.36. The minimum absolute atomic E-state index is 0.129. The van der Waals surface area contributed by atoms with Crippen LogP contribution < -0.4 is 4.72 Å². The van der Waals surface area contributed by atoms with Crippen LogP contribution in [0.15, 0.2) is 12.1 Å². The molecule has 0 saturated heterocycles. The summed E-state index contributed by atoms with van der Waals surface area (Å²) in [5.74, 6) is 0.129. The molecule has 1 rings (SSSR count). The third-order valence-electron chi connectivity index (χ3n) is 2.51. The summed E-state index contributed by atoms with van der Waals surface area (Å²) >= 11 is 0. The first-order chi connectivity index (χ1) is 7.25. The van der Waals surface area contributed by atoms with Gasteiger partial charge in [-0.05, 0) is 39.3 Å². The summed E-state index contributed by atoms with van der Waals surface area (Å²) in [6.07, 6.45) is 0. The Morgan fingerprint density at radius 3 is 2.31 bits per heavy atom. The molecule has 0 heterocycles. The maximum atomic E-state index is 11.7. The van der Waals surface area contributed by atoms with Gasteiger partial charge in [0.05, 0.1) is 10.9 Å². The van der Waals surface area contributed by atoms with E-state index in [9.17, 15) is 13.5 Å². The predicted octanol–water partition coefficient (Wildman–Crippen LogP) is 2.16. The number of aryl methyl sites for hydroxylation is 1. The number of rotatable bonds is 3. The molecule has 0 saturated carbocycles. The van der Waals surface area contributed by atoms with Gasteiger partial charge in [-0.3, -0.25) is 4.72 Å². The normalized spacial score (nSPS) is 11.8. The van der Waals surface area contributed by atoms with Gasteiger partial charge >= 0.3 is 0 Å². The molecule has 90 valence electrons. The predicted molar refractivity (Wildman–Crippen MR) is 65.3 cm³/mol. The van der Waals surface area contributed by atoms with Crippen molar-refractivity contribution in [2.24, 2.45) is 0 Å². The van der Waals surface area contributed by atoms with E-state index in [-0.39, 0.29) is 5.75 Å². The Bertz CT molecular complexity index is 492. The van der Waals surface area contributed by atoms with E-state index in [1.807, 2.05) is 0 Å². The highest BCUT2D eigenvalue weighted by Crippen LogP contribution is 2.28. The Morgan fingerprint density at radius 1 is 1.25 bits per heavy atom. The van der Waals surface area contributed by atoms with Gasteiger partial charge in [0.15, 0.2) is 0 Å². The molecule has 0 bridgehead atoms. The number of phenolic OH excluding ortho intramolecular Hbond substituents is 1. The molecule has 1 aromatic rings. The molecule has 1 aromatic carbocycles. The fourth-order valence-electron chi connectivity index (χ4n) is 1.22. The van der Waals surface area contributed by atoms with Crippen LogP contribution in [-0.2, 0) is 10.0 Å². The van der Waals surface area contributed by atoms with E-state index < -0.39 is 15.3 Å². The molecule has 0 aliphatic rings. The van der Waals surface area contributed by atoms with Crippen LogP contribution in [0, 0.1) is 13.8 Å². The third-order valence-corrected chi connectivity index (χ3v) is 4.25. The van der Waals surface area contributed by atoms with Crippen LogP contribution in [0.4, 0.5) is 5.69 Å². The van der Waals surface area contributed by atoms with E-state index in [1.165, 1.54) is 0 Å². The van der Waals surface area contributed by atoms with Crippen LogP contribution >= 0.6 is 0 Å². The monoisotopic (exact) mass is 243 g/mol. The number of phenols is 1. The molecule has 0 amide bonds. The zero-order chi connectivity index (χ0) is 12.5. The number of nitrogens with one attached hydrogen (secondary N) is 1. The SMILES string of the molecule is Cc1ccc(NS(=O)(=O)C(C)C)c(C)c1O. The number of hydrogen-bond donors (Lipinski definition) is 2. The molecule has 0 radical (unpaired) electrons. The average molecular weight is 243 g/mol. The maximum Gasteiger partial charge on any atom is 0.235 e. The van der Waals surface area contributed by atoms with E-state index in [0.29, 0.717) is 11.3 Å². The van der Waals surface area contributed by atoms with Gasteiger partial charge in [0.2, 0.25) is 10.0 Å². The standard InChI is InChI=1S/C11H17NO3S/c1-7(2)16(14,15)12-10-6-5-8(3)11(13)9(10)4/h5-7,12-13H,1-4H3. The van der Waals surface area contributed by atoms with Crippen LogP contribution in [0.25, 0.3) is 0 Å². The third kappa shape index (κ3) is 2.47. The van der Waals surface area contributed by atoms with Gasteiger partial charge in [0.1, 0.15) is 5.75 Å². The van der Waals surface area contributed by atoms with Crippen LogP contribution in [0.3, 0.4) is 0 Å². The van der Waals surface area contributed by atoms with E-state index in [1.54, 1.807) is 39.8 Å². The molecule has 0 fully saturated rings. The summed E-state index contributed by atoms with van der Waals surface area (Å²) in [6, 6.07) is 3.34. The summed E-state index contributed by atoms with van der Waals surface area (Å²) in [6.45, 7) is 6.65. The Kier molecular flexibility index (Phi) is 3.48. The van der Waals surface area contributed by atoms with Gasteiger partial charge < -0.3 is 5.11 Å². The average Bonchev–Trinajstić information content (AvgIpc) is 2.19. The largest absolute Gasteiger partial charge is 0.507 e. The van der Waals surface area contributed by atoms with Gasteiger partial charge in [-0.25, -0.2) is 8.42 Å². The molecule has 0 aliphatic carbocycles. The van der Waals surface area contributed by atoms with Crippen molar-refractivity contribution in [1.29, 1.82) is 0 Å². The van der Waals surface area contributed by atoms with Crippen molar-refractivity contribution in [3.05, 3.63) is 23.3 Å². The van der Waals surface area contributed by atoms with E-state index >= 15 is 0 Å². The van der Waals surface area contributed by atoms with Crippen molar-refractivity contribution < 1.29 is 13.5 Å². The highest BCUT2D eigenvalue weighted by molar-refractivity contribution is 7.93. The smallest absolute Gasteiger partial charge is 0.235 e. The van der Waals surface area contributed by atoms with Crippen molar-refractivity contribution in [3.8, 4) is 5.75 Å². The Hall–Kier alpha value is -1.23. The van der Waals surface area contributed by atoms with Gasteiger partial charge in [0.25, 0.3) is 0 Å². The topological polar surface area (TPSA) is 66.4 Å². The zero-order valence-corrected chi connectivity index (χ0v) is 10.7. The minimum Gasteiger partial charge on any atom is -0.507 e. The van der Waals surface area contributed by atoms with Crippen LogP contribution in [-0.4, -0.2) is 18.8 Å². The number of benzene rings is 1. The summed E-state index contributed by atoms with van der Waals surface area (Å²) in [7, 11) is -3.36. The lowest BCUT2D eigenvalue weighted by atomic mass is 10.1. The van der Waals surface area contributed by atoms with Gasteiger partial charge in [-0.2, -0.15) is 0 Å². The Labute approximate surface area is 96.4 Å². The zero-order valence-electron chi connectivity index (χ0n) is 9.90. The summed E-state index contributed by atoms with van der Waals surface area (Å²) < 4.78 is 25.8. The van der Waals surface area contributed by atoms with E-state index in [2.05, 4.69) is 4.72 Å². The highest BCUT2D eigenvalue weighted by atomic mass is 32.2. The van der Waals surface area contributed by atoms with Crippen molar-refractivity contribution in [2.45, 2.75) is 32.9 Å². The number of hydrogen-bond acceptors (Lipinski definition) is 3. The fourth-order valence-corrected chi connectivity index (χ4v) is 1.98. The molecule has 0 spiro atoms. The van der Waals surface area contributed by atoms with Gasteiger partial charge in [0, 0.05) is 5.56 Å². The van der Waals surface area contributed by atoms with Crippen molar-refractivity contribution in [1.82, 2.24) is 0 Å². The van der Waals surface area contributed by atoms with Crippen LogP contribution in [0.2, 0.25) is 0 Å². The lowest BCUT2D eigenvalue weighted by molar-refractivity contribution is 0.467. The fraction of sp³-hybridized carbons (Fsp3) is 0.455. The summed E-state index contributed by atoms with van der Waals surface area (Å²) in [5, 5.41) is 9.18. The number of anilines is 1. The first-order valence-corrected chi connectivity index (χ1v) is 6.61. The van der Waals surface area contributed by atoms with E-state index in [4.69, 9.17) is 0 Å². The molecule has 0 unspecified atom stereocenters. The van der Waals surface area contributed by atoms with Crippen molar-refractivity contribution in [3.63, 3.8) is 0 Å². The summed E-state index contributed by atoms with van der Waals surface area (Å²) in [4.78, 5) is 0. The number of aromatic hydroxyl groups is 1. The second-order valence-corrected chi connectivity index (χ2v) is 6.34. The molecule has 0 atom stereocenters. The highest BCUT2D eigenvalue weighted by Gasteiger charge is 2.17. The molecule has 0 aliphatic heterocycles. The van der Waals surface area contributed by atoms with Crippen molar-refractivity contribution in [2.75, 3.05) is 4.72 Å².